The molecule has 1 aromatic rings. The van der Waals surface area contributed by atoms with Crippen LogP contribution in [-0.2, 0) is 4.79 Å². The van der Waals surface area contributed by atoms with Gasteiger partial charge < -0.3 is 19.9 Å². The number of carbonyl (C=O) groups is 2. The summed E-state index contributed by atoms with van der Waals surface area (Å²) in [6, 6.07) is 9.14. The zero-order valence-electron chi connectivity index (χ0n) is 16.3. The first-order chi connectivity index (χ1) is 13.0. The Kier molecular flexibility index (Phi) is 7.47. The first-order valence-electron chi connectivity index (χ1n) is 9.29. The van der Waals surface area contributed by atoms with Gasteiger partial charge in [-0.05, 0) is 30.4 Å². The molecule has 7 heteroatoms. The Morgan fingerprint density at radius 1 is 1.41 bits per heavy atom. The van der Waals surface area contributed by atoms with E-state index in [0.29, 0.717) is 30.9 Å². The van der Waals surface area contributed by atoms with Crippen molar-refractivity contribution < 1.29 is 14.3 Å². The van der Waals surface area contributed by atoms with E-state index in [1.807, 2.05) is 29.2 Å². The number of piperidine rings is 1. The number of nitrogens with zero attached hydrogens (tertiary/aromatic N) is 3. The molecule has 2 atom stereocenters. The second kappa shape index (κ2) is 9.81. The van der Waals surface area contributed by atoms with Gasteiger partial charge in [0.1, 0.15) is 12.3 Å². The van der Waals surface area contributed by atoms with Gasteiger partial charge in [-0.15, -0.1) is 0 Å². The van der Waals surface area contributed by atoms with E-state index in [-0.39, 0.29) is 30.3 Å². The average Bonchev–Trinajstić information content (AvgIpc) is 2.68. The summed E-state index contributed by atoms with van der Waals surface area (Å²) in [6.07, 6.45) is 2.13. The van der Waals surface area contributed by atoms with Gasteiger partial charge in [0, 0.05) is 38.3 Å². The molecule has 1 fully saturated rings. The summed E-state index contributed by atoms with van der Waals surface area (Å²) in [5, 5.41) is 11.7. The Bertz CT molecular complexity index is 701. The van der Waals surface area contributed by atoms with E-state index in [9.17, 15) is 9.59 Å². The SMILES string of the molecule is CC[C@@H]1CN(C(=O)Nc2cccc(OC)c2)CC[C@H]1CC(=O)N(C)CC#N. The quantitative estimate of drug-likeness (QED) is 0.778. The van der Waals surface area contributed by atoms with Gasteiger partial charge in [-0.2, -0.15) is 5.26 Å². The predicted octanol–water partition coefficient (Wildman–Crippen LogP) is 2.95. The summed E-state index contributed by atoms with van der Waals surface area (Å²) in [7, 11) is 3.25. The number of urea groups is 1. The number of hydrogen-bond acceptors (Lipinski definition) is 4. The van der Waals surface area contributed by atoms with Gasteiger partial charge >= 0.3 is 6.03 Å². The number of rotatable bonds is 6. The number of nitrogens with one attached hydrogen (secondary N) is 1. The van der Waals surface area contributed by atoms with E-state index in [0.717, 1.165) is 12.8 Å². The number of hydrogen-bond donors (Lipinski definition) is 1. The lowest BCUT2D eigenvalue weighted by molar-refractivity contribution is -0.131. The second-order valence-corrected chi connectivity index (χ2v) is 6.94. The third-order valence-electron chi connectivity index (χ3n) is 5.19. The molecule has 7 nitrogen and oxygen atoms in total. The number of ether oxygens (including phenoxy) is 1. The maximum Gasteiger partial charge on any atom is 0.321 e. The summed E-state index contributed by atoms with van der Waals surface area (Å²) in [5.41, 5.74) is 0.697. The van der Waals surface area contributed by atoms with Crippen molar-refractivity contribution in [2.24, 2.45) is 11.8 Å². The Hall–Kier alpha value is -2.75. The Morgan fingerprint density at radius 3 is 2.85 bits per heavy atom. The van der Waals surface area contributed by atoms with Crippen molar-refractivity contribution in [1.29, 1.82) is 5.26 Å². The molecule has 1 heterocycles. The van der Waals surface area contributed by atoms with Crippen LogP contribution in [0.25, 0.3) is 0 Å². The maximum atomic E-state index is 12.6. The first-order valence-corrected chi connectivity index (χ1v) is 9.29. The highest BCUT2D eigenvalue weighted by Crippen LogP contribution is 2.30. The van der Waals surface area contributed by atoms with Crippen LogP contribution in [-0.4, -0.2) is 55.5 Å². The minimum absolute atomic E-state index is 0.00529. The lowest BCUT2D eigenvalue weighted by atomic mass is 9.81. The topological polar surface area (TPSA) is 85.7 Å². The van der Waals surface area contributed by atoms with Gasteiger partial charge in [-0.3, -0.25) is 4.79 Å². The highest BCUT2D eigenvalue weighted by atomic mass is 16.5. The van der Waals surface area contributed by atoms with Crippen LogP contribution >= 0.6 is 0 Å². The third-order valence-corrected chi connectivity index (χ3v) is 5.19. The van der Waals surface area contributed by atoms with Crippen LogP contribution in [0.15, 0.2) is 24.3 Å². The Labute approximate surface area is 160 Å². The lowest BCUT2D eigenvalue weighted by Crippen LogP contribution is -2.46. The fourth-order valence-corrected chi connectivity index (χ4v) is 3.47. The molecule has 3 amide bonds. The number of methoxy groups -OCH3 is 1. The number of anilines is 1. The van der Waals surface area contributed by atoms with Gasteiger partial charge in [0.05, 0.1) is 13.2 Å². The average molecular weight is 372 g/mol. The number of benzene rings is 1. The molecule has 0 spiro atoms. The van der Waals surface area contributed by atoms with E-state index in [1.165, 1.54) is 4.90 Å². The molecule has 0 bridgehead atoms. The largest absolute Gasteiger partial charge is 0.497 e. The minimum Gasteiger partial charge on any atom is -0.497 e. The molecular weight excluding hydrogens is 344 g/mol. The predicted molar refractivity (Wildman–Crippen MR) is 103 cm³/mol. The summed E-state index contributed by atoms with van der Waals surface area (Å²) < 4.78 is 5.18. The van der Waals surface area contributed by atoms with E-state index in [4.69, 9.17) is 10.00 Å². The van der Waals surface area contributed by atoms with Gasteiger partial charge in [-0.1, -0.05) is 19.4 Å². The summed E-state index contributed by atoms with van der Waals surface area (Å²) >= 11 is 0. The fraction of sp³-hybridized carbons (Fsp3) is 0.550. The van der Waals surface area contributed by atoms with Crippen LogP contribution in [0.1, 0.15) is 26.2 Å². The van der Waals surface area contributed by atoms with Crippen molar-refractivity contribution in [3.8, 4) is 11.8 Å². The Balaban J connectivity index is 1.93. The molecule has 0 saturated carbocycles. The van der Waals surface area contributed by atoms with Crippen molar-refractivity contribution in [2.45, 2.75) is 26.2 Å². The van der Waals surface area contributed by atoms with E-state index >= 15 is 0 Å². The van der Waals surface area contributed by atoms with Crippen molar-refractivity contribution in [2.75, 3.05) is 39.1 Å². The fourth-order valence-electron chi connectivity index (χ4n) is 3.47. The van der Waals surface area contributed by atoms with Crippen LogP contribution < -0.4 is 10.1 Å². The van der Waals surface area contributed by atoms with Crippen LogP contribution in [0.2, 0.25) is 0 Å². The molecule has 1 aliphatic heterocycles. The number of likely N-dealkylation sites (tertiary alicyclic amines) is 1. The van der Waals surface area contributed by atoms with Crippen LogP contribution in [0, 0.1) is 23.2 Å². The monoisotopic (exact) mass is 372 g/mol. The van der Waals surface area contributed by atoms with Gasteiger partial charge in [-0.25, -0.2) is 4.79 Å². The number of nitriles is 1. The van der Waals surface area contributed by atoms with E-state index < -0.39 is 0 Å². The number of carbonyl (C=O) groups excluding carboxylic acids is 2. The number of amides is 3. The molecule has 1 saturated heterocycles. The third kappa shape index (κ3) is 5.61. The Morgan fingerprint density at radius 2 is 2.19 bits per heavy atom. The smallest absolute Gasteiger partial charge is 0.321 e. The molecule has 27 heavy (non-hydrogen) atoms. The molecule has 0 aliphatic carbocycles. The van der Waals surface area contributed by atoms with E-state index in [1.54, 1.807) is 20.2 Å². The minimum atomic E-state index is -0.131. The summed E-state index contributed by atoms with van der Waals surface area (Å²) in [4.78, 5) is 28.1. The van der Waals surface area contributed by atoms with Gasteiger partial charge in [0.25, 0.3) is 0 Å². The zero-order chi connectivity index (χ0) is 19.8. The molecule has 2 rings (SSSR count). The van der Waals surface area contributed by atoms with Crippen LogP contribution in [0.5, 0.6) is 5.75 Å². The van der Waals surface area contributed by atoms with Crippen molar-refractivity contribution in [3.63, 3.8) is 0 Å². The summed E-state index contributed by atoms with van der Waals surface area (Å²) in [5.74, 6) is 1.20. The first kappa shape index (κ1) is 20.6. The highest BCUT2D eigenvalue weighted by molar-refractivity contribution is 5.89. The second-order valence-electron chi connectivity index (χ2n) is 6.94. The molecule has 1 N–H and O–H groups in total. The highest BCUT2D eigenvalue weighted by Gasteiger charge is 2.32. The molecule has 146 valence electrons. The molecule has 0 unspecified atom stereocenters. The van der Waals surface area contributed by atoms with E-state index in [2.05, 4.69) is 12.2 Å². The van der Waals surface area contributed by atoms with Gasteiger partial charge in [0.15, 0.2) is 0 Å². The maximum absolute atomic E-state index is 12.6. The normalized spacial score (nSPS) is 19.1. The molecule has 0 radical (unpaired) electrons. The molecular formula is C20H28N4O3. The molecule has 0 aromatic heterocycles. The van der Waals surface area contributed by atoms with Crippen LogP contribution in [0.4, 0.5) is 10.5 Å². The lowest BCUT2D eigenvalue weighted by Gasteiger charge is -2.38. The standard InChI is InChI=1S/C20H28N4O3/c1-4-15-14-24(10-8-16(15)12-19(25)23(2)11-9-21)20(26)22-17-6-5-7-18(13-17)27-3/h5-7,13,15-16H,4,8,10-12,14H2,1-3H3,(H,22,26)/t15-,16+/m1/s1. The van der Waals surface area contributed by atoms with Crippen molar-refractivity contribution in [1.82, 2.24) is 9.80 Å². The van der Waals surface area contributed by atoms with Gasteiger partial charge in [0.2, 0.25) is 5.91 Å². The van der Waals surface area contributed by atoms with Crippen molar-refractivity contribution in [3.05, 3.63) is 24.3 Å². The van der Waals surface area contributed by atoms with Crippen LogP contribution in [0.3, 0.4) is 0 Å². The molecule has 1 aromatic carbocycles. The summed E-state index contributed by atoms with van der Waals surface area (Å²) in [6.45, 7) is 3.44. The zero-order valence-corrected chi connectivity index (χ0v) is 16.3. The molecule has 1 aliphatic rings. The van der Waals surface area contributed by atoms with Crippen molar-refractivity contribution >= 4 is 17.6 Å².